The van der Waals surface area contributed by atoms with Crippen LogP contribution in [0, 0.1) is 5.82 Å². The van der Waals surface area contributed by atoms with Crippen molar-refractivity contribution < 1.29 is 23.5 Å². The minimum atomic E-state index is -0.382. The maximum atomic E-state index is 13.4. The number of anilines is 1. The number of urea groups is 1. The van der Waals surface area contributed by atoms with Gasteiger partial charge in [-0.25, -0.2) is 9.18 Å². The van der Waals surface area contributed by atoms with Crippen LogP contribution in [0.25, 0.3) is 0 Å². The Kier molecular flexibility index (Phi) is 8.46. The summed E-state index contributed by atoms with van der Waals surface area (Å²) in [5, 5.41) is 2.90. The highest BCUT2D eigenvalue weighted by Gasteiger charge is 2.28. The zero-order valence-corrected chi connectivity index (χ0v) is 19.2. The number of carbonyl (C=O) groups is 2. The van der Waals surface area contributed by atoms with E-state index in [0.29, 0.717) is 58.1 Å². The summed E-state index contributed by atoms with van der Waals surface area (Å²) < 4.78 is 24.7. The third-order valence-corrected chi connectivity index (χ3v) is 6.04. The molecule has 2 saturated heterocycles. The molecule has 2 aliphatic rings. The van der Waals surface area contributed by atoms with E-state index < -0.39 is 0 Å². The fraction of sp³-hybridized carbons (Fsp3) is 0.440. The van der Waals surface area contributed by atoms with Gasteiger partial charge in [0.25, 0.3) is 5.91 Å². The zero-order valence-electron chi connectivity index (χ0n) is 19.2. The first-order valence-electron chi connectivity index (χ1n) is 11.7. The van der Waals surface area contributed by atoms with Crippen molar-refractivity contribution in [3.05, 3.63) is 66.0 Å². The number of hydrogen-bond acceptors (Lipinski definition) is 5. The lowest BCUT2D eigenvalue weighted by Gasteiger charge is -2.36. The summed E-state index contributed by atoms with van der Waals surface area (Å²) in [5.41, 5.74) is 1.16. The lowest BCUT2D eigenvalue weighted by atomic mass is 10.1. The fourth-order valence-corrected chi connectivity index (χ4v) is 4.12. The van der Waals surface area contributed by atoms with E-state index in [4.69, 9.17) is 9.47 Å². The molecule has 0 aliphatic carbocycles. The predicted octanol–water partition coefficient (Wildman–Crippen LogP) is 2.53. The molecule has 0 saturated carbocycles. The molecule has 2 aromatic rings. The Labute approximate surface area is 199 Å². The topological polar surface area (TPSA) is 74.4 Å². The van der Waals surface area contributed by atoms with Crippen LogP contribution < -0.4 is 5.32 Å². The van der Waals surface area contributed by atoms with Crippen molar-refractivity contribution in [2.45, 2.75) is 6.10 Å². The van der Waals surface area contributed by atoms with Crippen molar-refractivity contribution in [2.24, 2.45) is 0 Å². The molecule has 1 N–H and O–H groups in total. The molecule has 0 bridgehead atoms. The van der Waals surface area contributed by atoms with Crippen molar-refractivity contribution in [1.29, 1.82) is 0 Å². The molecule has 2 fully saturated rings. The summed E-state index contributed by atoms with van der Waals surface area (Å²) in [5.74, 6) is -0.560. The van der Waals surface area contributed by atoms with Crippen LogP contribution in [0.1, 0.15) is 10.4 Å². The molecule has 182 valence electrons. The molecule has 4 rings (SSSR count). The van der Waals surface area contributed by atoms with Gasteiger partial charge in [-0.05, 0) is 36.4 Å². The van der Waals surface area contributed by atoms with E-state index in [1.807, 2.05) is 30.3 Å². The van der Waals surface area contributed by atoms with E-state index in [1.165, 1.54) is 24.3 Å². The van der Waals surface area contributed by atoms with Crippen LogP contribution in [-0.4, -0.2) is 98.4 Å². The second-order valence-electron chi connectivity index (χ2n) is 8.45. The molecule has 0 radical (unpaired) electrons. The summed E-state index contributed by atoms with van der Waals surface area (Å²) in [7, 11) is 0. The van der Waals surface area contributed by atoms with E-state index in [2.05, 4.69) is 10.2 Å². The summed E-state index contributed by atoms with van der Waals surface area (Å²) in [4.78, 5) is 31.7. The van der Waals surface area contributed by atoms with Gasteiger partial charge in [0, 0.05) is 50.5 Å². The highest BCUT2D eigenvalue weighted by molar-refractivity contribution is 5.94. The molecule has 1 atom stereocenters. The molecule has 3 amide bonds. The molecular formula is C25H31FN4O4. The molecule has 2 aliphatic heterocycles. The van der Waals surface area contributed by atoms with Gasteiger partial charge in [0.05, 0.1) is 32.5 Å². The Morgan fingerprint density at radius 1 is 1.00 bits per heavy atom. The van der Waals surface area contributed by atoms with Crippen molar-refractivity contribution in [2.75, 3.05) is 71.0 Å². The second-order valence-corrected chi connectivity index (χ2v) is 8.45. The van der Waals surface area contributed by atoms with Crippen LogP contribution in [-0.2, 0) is 9.47 Å². The summed E-state index contributed by atoms with van der Waals surface area (Å²) in [6, 6.07) is 14.7. The summed E-state index contributed by atoms with van der Waals surface area (Å²) >= 11 is 0. The number of amides is 3. The third-order valence-electron chi connectivity index (χ3n) is 6.04. The van der Waals surface area contributed by atoms with Crippen LogP contribution >= 0.6 is 0 Å². The molecule has 2 heterocycles. The first kappa shape index (κ1) is 24.1. The van der Waals surface area contributed by atoms with E-state index in [0.717, 1.165) is 18.8 Å². The Bertz CT molecular complexity index is 938. The van der Waals surface area contributed by atoms with Gasteiger partial charge in [-0.15, -0.1) is 0 Å². The first-order chi connectivity index (χ1) is 16.6. The van der Waals surface area contributed by atoms with Crippen molar-refractivity contribution in [1.82, 2.24) is 14.7 Å². The monoisotopic (exact) mass is 470 g/mol. The smallest absolute Gasteiger partial charge is 0.322 e. The van der Waals surface area contributed by atoms with Crippen molar-refractivity contribution in [3.8, 4) is 0 Å². The average Bonchev–Trinajstić information content (AvgIpc) is 2.88. The van der Waals surface area contributed by atoms with Crippen molar-refractivity contribution >= 4 is 17.6 Å². The largest absolute Gasteiger partial charge is 0.379 e. The zero-order chi connectivity index (χ0) is 23.8. The Hall–Kier alpha value is -3.01. The number of nitrogens with one attached hydrogen (secondary N) is 1. The number of hydrogen-bond donors (Lipinski definition) is 1. The van der Waals surface area contributed by atoms with Gasteiger partial charge in [-0.2, -0.15) is 0 Å². The quantitative estimate of drug-likeness (QED) is 0.673. The fourth-order valence-electron chi connectivity index (χ4n) is 4.12. The molecule has 2 aromatic carbocycles. The SMILES string of the molecule is O=C(Nc1ccccc1)N1CCO[C@H](CN(CCN2CCOCC2)C(=O)c2ccc(F)cc2)C1. The Morgan fingerprint density at radius 3 is 2.47 bits per heavy atom. The lowest BCUT2D eigenvalue weighted by Crippen LogP contribution is -2.52. The molecule has 34 heavy (non-hydrogen) atoms. The van der Waals surface area contributed by atoms with Gasteiger partial charge in [0.15, 0.2) is 0 Å². The van der Waals surface area contributed by atoms with E-state index in [9.17, 15) is 14.0 Å². The predicted molar refractivity (Wildman–Crippen MR) is 126 cm³/mol. The van der Waals surface area contributed by atoms with E-state index >= 15 is 0 Å². The minimum Gasteiger partial charge on any atom is -0.379 e. The molecule has 9 heteroatoms. The second kappa shape index (κ2) is 11.9. The highest BCUT2D eigenvalue weighted by Crippen LogP contribution is 2.14. The van der Waals surface area contributed by atoms with Gasteiger partial charge >= 0.3 is 6.03 Å². The number of rotatable bonds is 7. The van der Waals surface area contributed by atoms with Crippen molar-refractivity contribution in [3.63, 3.8) is 0 Å². The first-order valence-corrected chi connectivity index (χ1v) is 11.7. The third kappa shape index (κ3) is 6.75. The van der Waals surface area contributed by atoms with Gasteiger partial charge in [0.1, 0.15) is 5.82 Å². The molecule has 8 nitrogen and oxygen atoms in total. The maximum Gasteiger partial charge on any atom is 0.322 e. The van der Waals surface area contributed by atoms with Crippen LogP contribution in [0.5, 0.6) is 0 Å². The Balaban J connectivity index is 1.39. The lowest BCUT2D eigenvalue weighted by molar-refractivity contribution is -0.0282. The highest BCUT2D eigenvalue weighted by atomic mass is 19.1. The molecule has 0 aromatic heterocycles. The van der Waals surface area contributed by atoms with Gasteiger partial charge < -0.3 is 24.6 Å². The summed E-state index contributed by atoms with van der Waals surface area (Å²) in [6.45, 7) is 5.83. The molecule has 0 unspecified atom stereocenters. The van der Waals surface area contributed by atoms with Gasteiger partial charge in [-0.3, -0.25) is 9.69 Å². The maximum absolute atomic E-state index is 13.4. The minimum absolute atomic E-state index is 0.178. The Morgan fingerprint density at radius 2 is 1.74 bits per heavy atom. The van der Waals surface area contributed by atoms with E-state index in [-0.39, 0.29) is 23.9 Å². The number of para-hydroxylation sites is 1. The number of morpholine rings is 2. The van der Waals surface area contributed by atoms with Crippen LogP contribution in [0.15, 0.2) is 54.6 Å². The standard InChI is InChI=1S/C25H31FN4O4/c26-21-8-6-20(7-9-21)24(31)29(11-10-28-12-15-33-16-13-28)18-23-19-30(14-17-34-23)25(32)27-22-4-2-1-3-5-22/h1-9,23H,10-19H2,(H,27,32)/t23-/m1/s1. The number of halogens is 1. The number of benzene rings is 2. The summed E-state index contributed by atoms with van der Waals surface area (Å²) in [6.07, 6.45) is -0.315. The molecular weight excluding hydrogens is 439 g/mol. The van der Waals surface area contributed by atoms with Gasteiger partial charge in [0.2, 0.25) is 0 Å². The number of ether oxygens (including phenoxy) is 2. The van der Waals surface area contributed by atoms with Crippen LogP contribution in [0.4, 0.5) is 14.9 Å². The number of nitrogens with zero attached hydrogens (tertiary/aromatic N) is 3. The molecule has 0 spiro atoms. The normalized spacial score (nSPS) is 19.0. The average molecular weight is 471 g/mol. The van der Waals surface area contributed by atoms with Crippen LogP contribution in [0.3, 0.4) is 0 Å². The van der Waals surface area contributed by atoms with Gasteiger partial charge in [-0.1, -0.05) is 18.2 Å². The van der Waals surface area contributed by atoms with E-state index in [1.54, 1.807) is 9.80 Å². The number of carbonyl (C=O) groups excluding carboxylic acids is 2. The van der Waals surface area contributed by atoms with Crippen LogP contribution in [0.2, 0.25) is 0 Å².